The summed E-state index contributed by atoms with van der Waals surface area (Å²) in [5.74, 6) is 1.94. The smallest absolute Gasteiger partial charge is 0.0688 e. The second-order valence-corrected chi connectivity index (χ2v) is 6.63. The first-order chi connectivity index (χ1) is 8.47. The highest BCUT2D eigenvalue weighted by molar-refractivity contribution is 5.17. The summed E-state index contributed by atoms with van der Waals surface area (Å²) in [6, 6.07) is 10.4. The van der Waals surface area contributed by atoms with Gasteiger partial charge in [0.25, 0.3) is 0 Å². The summed E-state index contributed by atoms with van der Waals surface area (Å²) in [5, 5.41) is 10.8. The molecule has 1 aliphatic carbocycles. The van der Waals surface area contributed by atoms with Crippen molar-refractivity contribution in [2.45, 2.75) is 52.1 Å². The van der Waals surface area contributed by atoms with Crippen LogP contribution in [0.5, 0.6) is 0 Å². The zero-order valence-corrected chi connectivity index (χ0v) is 11.9. The lowest BCUT2D eigenvalue weighted by atomic mass is 9.68. The minimum absolute atomic E-state index is 0.441. The Morgan fingerprint density at radius 3 is 2.17 bits per heavy atom. The summed E-state index contributed by atoms with van der Waals surface area (Å²) in [6.45, 7) is 6.66. The van der Waals surface area contributed by atoms with Crippen LogP contribution in [0.2, 0.25) is 0 Å². The van der Waals surface area contributed by atoms with Gasteiger partial charge in [0.05, 0.1) is 5.60 Å². The van der Waals surface area contributed by atoms with Gasteiger partial charge >= 0.3 is 0 Å². The predicted octanol–water partition coefficient (Wildman–Crippen LogP) is 4.05. The Kier molecular flexibility index (Phi) is 4.11. The zero-order valence-electron chi connectivity index (χ0n) is 11.9. The first-order valence-electron chi connectivity index (χ1n) is 7.23. The first-order valence-corrected chi connectivity index (χ1v) is 7.23. The van der Waals surface area contributed by atoms with E-state index in [2.05, 4.69) is 38.1 Å². The molecule has 18 heavy (non-hydrogen) atoms. The molecule has 0 amide bonds. The molecule has 1 N–H and O–H groups in total. The summed E-state index contributed by atoms with van der Waals surface area (Å²) in [4.78, 5) is 0. The molecule has 0 aliphatic heterocycles. The fourth-order valence-corrected chi connectivity index (χ4v) is 3.61. The van der Waals surface area contributed by atoms with Gasteiger partial charge < -0.3 is 5.11 Å². The standard InChI is InChI=1S/C17H26O/c1-13-9-14(2)11-16(10-13)17(3,18)12-15-7-5-4-6-8-15/h4-8,13-14,16,18H,9-12H2,1-3H3. The number of hydrogen-bond acceptors (Lipinski definition) is 1. The maximum atomic E-state index is 10.8. The third-order valence-electron chi connectivity index (χ3n) is 4.46. The van der Waals surface area contributed by atoms with E-state index in [1.165, 1.54) is 24.8 Å². The number of aliphatic hydroxyl groups is 1. The monoisotopic (exact) mass is 246 g/mol. The zero-order chi connectivity index (χ0) is 13.2. The molecule has 1 aromatic rings. The van der Waals surface area contributed by atoms with E-state index in [9.17, 15) is 5.11 Å². The van der Waals surface area contributed by atoms with Gasteiger partial charge in [-0.15, -0.1) is 0 Å². The van der Waals surface area contributed by atoms with Gasteiger partial charge in [0.2, 0.25) is 0 Å². The van der Waals surface area contributed by atoms with Crippen molar-refractivity contribution in [2.75, 3.05) is 0 Å². The highest BCUT2D eigenvalue weighted by Gasteiger charge is 2.36. The molecule has 0 aromatic heterocycles. The summed E-state index contributed by atoms with van der Waals surface area (Å²) < 4.78 is 0. The lowest BCUT2D eigenvalue weighted by Gasteiger charge is -2.40. The van der Waals surface area contributed by atoms with Crippen LogP contribution in [0.1, 0.15) is 45.6 Å². The van der Waals surface area contributed by atoms with E-state index in [1.54, 1.807) is 0 Å². The van der Waals surface area contributed by atoms with Gasteiger partial charge in [-0.05, 0) is 49.5 Å². The molecule has 1 saturated carbocycles. The Bertz CT molecular complexity index is 358. The molecular weight excluding hydrogens is 220 g/mol. The second kappa shape index (κ2) is 5.44. The Labute approximate surface area is 111 Å². The van der Waals surface area contributed by atoms with E-state index in [0.29, 0.717) is 5.92 Å². The molecule has 0 radical (unpaired) electrons. The van der Waals surface area contributed by atoms with E-state index in [-0.39, 0.29) is 0 Å². The maximum Gasteiger partial charge on any atom is 0.0688 e. The van der Waals surface area contributed by atoms with Crippen LogP contribution >= 0.6 is 0 Å². The molecule has 1 aliphatic rings. The van der Waals surface area contributed by atoms with Crippen molar-refractivity contribution in [1.29, 1.82) is 0 Å². The van der Waals surface area contributed by atoms with Crippen LogP contribution in [0.25, 0.3) is 0 Å². The van der Waals surface area contributed by atoms with Crippen molar-refractivity contribution in [3.63, 3.8) is 0 Å². The molecule has 1 heteroatoms. The Hall–Kier alpha value is -0.820. The van der Waals surface area contributed by atoms with Crippen molar-refractivity contribution < 1.29 is 5.11 Å². The molecule has 1 aromatic carbocycles. The molecular formula is C17H26O. The van der Waals surface area contributed by atoms with Gasteiger partial charge in [-0.3, -0.25) is 0 Å². The number of benzene rings is 1. The molecule has 2 rings (SSSR count). The highest BCUT2D eigenvalue weighted by Crippen LogP contribution is 2.39. The summed E-state index contributed by atoms with van der Waals surface area (Å²) in [6.07, 6.45) is 4.43. The Balaban J connectivity index is 2.05. The van der Waals surface area contributed by atoms with Gasteiger partial charge in [0.1, 0.15) is 0 Å². The number of hydrogen-bond donors (Lipinski definition) is 1. The quantitative estimate of drug-likeness (QED) is 0.853. The molecule has 0 bridgehead atoms. The van der Waals surface area contributed by atoms with Gasteiger partial charge in [-0.1, -0.05) is 44.2 Å². The molecule has 100 valence electrons. The summed E-state index contributed by atoms with van der Waals surface area (Å²) in [7, 11) is 0. The Morgan fingerprint density at radius 2 is 1.61 bits per heavy atom. The van der Waals surface area contributed by atoms with Crippen molar-refractivity contribution in [3.05, 3.63) is 35.9 Å². The van der Waals surface area contributed by atoms with Gasteiger partial charge in [-0.2, -0.15) is 0 Å². The van der Waals surface area contributed by atoms with Gasteiger partial charge in [0.15, 0.2) is 0 Å². The molecule has 3 unspecified atom stereocenters. The third-order valence-corrected chi connectivity index (χ3v) is 4.46. The highest BCUT2D eigenvalue weighted by atomic mass is 16.3. The topological polar surface area (TPSA) is 20.2 Å². The predicted molar refractivity (Wildman–Crippen MR) is 76.4 cm³/mol. The lowest BCUT2D eigenvalue weighted by Crippen LogP contribution is -2.41. The SMILES string of the molecule is CC1CC(C)CC(C(C)(O)Cc2ccccc2)C1. The van der Waals surface area contributed by atoms with Crippen molar-refractivity contribution in [2.24, 2.45) is 17.8 Å². The van der Waals surface area contributed by atoms with Crippen LogP contribution in [-0.2, 0) is 6.42 Å². The number of rotatable bonds is 3. The van der Waals surface area contributed by atoms with Crippen LogP contribution in [0, 0.1) is 17.8 Å². The average Bonchev–Trinajstić information content (AvgIpc) is 2.28. The minimum atomic E-state index is -0.565. The summed E-state index contributed by atoms with van der Waals surface area (Å²) >= 11 is 0. The third kappa shape index (κ3) is 3.35. The maximum absolute atomic E-state index is 10.8. The van der Waals surface area contributed by atoms with Crippen LogP contribution < -0.4 is 0 Å². The largest absolute Gasteiger partial charge is 0.390 e. The first kappa shape index (κ1) is 13.6. The van der Waals surface area contributed by atoms with Gasteiger partial charge in [-0.25, -0.2) is 0 Å². The van der Waals surface area contributed by atoms with Crippen LogP contribution in [-0.4, -0.2) is 10.7 Å². The van der Waals surface area contributed by atoms with E-state index < -0.39 is 5.60 Å². The van der Waals surface area contributed by atoms with Crippen molar-refractivity contribution in [3.8, 4) is 0 Å². The molecule has 3 atom stereocenters. The normalized spacial score (nSPS) is 31.9. The van der Waals surface area contributed by atoms with E-state index in [1.807, 2.05) is 13.0 Å². The Morgan fingerprint density at radius 1 is 1.06 bits per heavy atom. The van der Waals surface area contributed by atoms with E-state index in [4.69, 9.17) is 0 Å². The molecule has 0 saturated heterocycles. The lowest BCUT2D eigenvalue weighted by molar-refractivity contribution is -0.0331. The second-order valence-electron chi connectivity index (χ2n) is 6.63. The van der Waals surface area contributed by atoms with E-state index in [0.717, 1.165) is 18.3 Å². The van der Waals surface area contributed by atoms with Crippen LogP contribution in [0.15, 0.2) is 30.3 Å². The molecule has 0 heterocycles. The van der Waals surface area contributed by atoms with Crippen LogP contribution in [0.3, 0.4) is 0 Å². The van der Waals surface area contributed by atoms with Crippen molar-refractivity contribution >= 4 is 0 Å². The average molecular weight is 246 g/mol. The van der Waals surface area contributed by atoms with Crippen molar-refractivity contribution in [1.82, 2.24) is 0 Å². The fourth-order valence-electron chi connectivity index (χ4n) is 3.61. The molecule has 1 fully saturated rings. The molecule has 1 nitrogen and oxygen atoms in total. The summed E-state index contributed by atoms with van der Waals surface area (Å²) in [5.41, 5.74) is 0.679. The molecule has 0 spiro atoms. The minimum Gasteiger partial charge on any atom is -0.390 e. The van der Waals surface area contributed by atoms with Gasteiger partial charge in [0, 0.05) is 6.42 Å². The fraction of sp³-hybridized carbons (Fsp3) is 0.647. The van der Waals surface area contributed by atoms with Crippen LogP contribution in [0.4, 0.5) is 0 Å². The van der Waals surface area contributed by atoms with E-state index >= 15 is 0 Å².